The number of benzene rings is 2. The molecule has 2 nitrogen and oxygen atoms in total. The highest BCUT2D eigenvalue weighted by Gasteiger charge is 2.07. The Hall–Kier alpha value is -2.27. The third-order valence-electron chi connectivity index (χ3n) is 2.80. The molecule has 0 radical (unpaired) electrons. The molecule has 0 aliphatic rings. The third-order valence-corrected chi connectivity index (χ3v) is 2.80. The van der Waals surface area contributed by atoms with Crippen molar-refractivity contribution in [1.82, 2.24) is 0 Å². The Morgan fingerprint density at radius 1 is 1.06 bits per heavy atom. The summed E-state index contributed by atoms with van der Waals surface area (Å²) < 4.78 is 5.68. The zero-order valence-corrected chi connectivity index (χ0v) is 10.3. The minimum absolute atomic E-state index is 0.0897. The van der Waals surface area contributed by atoms with E-state index in [9.17, 15) is 0 Å². The maximum atomic E-state index is 6.99. The van der Waals surface area contributed by atoms with Crippen LogP contribution >= 0.6 is 0 Å². The molecule has 0 aliphatic carbocycles. The Labute approximate surface area is 108 Å². The number of hydrogen-bond donors (Lipinski definition) is 0. The monoisotopic (exact) mass is 237 g/mol. The molecule has 2 aromatic rings. The van der Waals surface area contributed by atoms with E-state index in [0.717, 1.165) is 16.9 Å². The van der Waals surface area contributed by atoms with Crippen molar-refractivity contribution in [3.63, 3.8) is 0 Å². The number of hydrogen-bond acceptors (Lipinski definition) is 1. The predicted octanol–water partition coefficient (Wildman–Crippen LogP) is 4.25. The lowest BCUT2D eigenvalue weighted by Crippen LogP contribution is -1.95. The molecule has 18 heavy (non-hydrogen) atoms. The summed E-state index contributed by atoms with van der Waals surface area (Å²) in [5.41, 5.74) is 2.17. The lowest BCUT2D eigenvalue weighted by molar-refractivity contribution is 0.306. The molecule has 1 atom stereocenters. The highest BCUT2D eigenvalue weighted by Crippen LogP contribution is 2.20. The Balaban J connectivity index is 1.97. The first-order valence-electron chi connectivity index (χ1n) is 5.93. The van der Waals surface area contributed by atoms with Crippen molar-refractivity contribution >= 4 is 0 Å². The van der Waals surface area contributed by atoms with E-state index in [-0.39, 0.29) is 6.04 Å². The van der Waals surface area contributed by atoms with Gasteiger partial charge in [0, 0.05) is 12.5 Å². The Bertz CT molecular complexity index is 525. The topological polar surface area (TPSA) is 13.6 Å². The van der Waals surface area contributed by atoms with Crippen LogP contribution in [0.2, 0.25) is 0 Å². The summed E-state index contributed by atoms with van der Waals surface area (Å²) in [6.07, 6.45) is 0. The number of nitrogens with zero attached hydrogens (tertiary/aromatic N) is 1. The standard InChI is InChI=1S/C16H15NO/c1-13(17-2)15-8-10-16(11-9-15)18-12-14-6-4-3-5-7-14/h3-11,13H,12H2,1H3. The van der Waals surface area contributed by atoms with E-state index < -0.39 is 0 Å². The largest absolute Gasteiger partial charge is 0.489 e. The third kappa shape index (κ3) is 3.11. The van der Waals surface area contributed by atoms with Gasteiger partial charge in [-0.3, -0.25) is 0 Å². The smallest absolute Gasteiger partial charge is 0.245 e. The van der Waals surface area contributed by atoms with Crippen molar-refractivity contribution in [2.75, 3.05) is 0 Å². The van der Waals surface area contributed by atoms with Gasteiger partial charge in [-0.2, -0.15) is 0 Å². The minimum Gasteiger partial charge on any atom is -0.489 e. The maximum absolute atomic E-state index is 6.99. The molecule has 0 heterocycles. The first kappa shape index (κ1) is 12.2. The van der Waals surface area contributed by atoms with E-state index >= 15 is 0 Å². The summed E-state index contributed by atoms with van der Waals surface area (Å²) >= 11 is 0. The quantitative estimate of drug-likeness (QED) is 0.725. The van der Waals surface area contributed by atoms with Crippen LogP contribution in [-0.4, -0.2) is 0 Å². The van der Waals surface area contributed by atoms with Crippen LogP contribution in [0.3, 0.4) is 0 Å². The van der Waals surface area contributed by atoms with Gasteiger partial charge in [-0.1, -0.05) is 30.3 Å². The van der Waals surface area contributed by atoms with Crippen LogP contribution in [0.25, 0.3) is 4.85 Å². The fraction of sp³-hybridized carbons (Fsp3) is 0.188. The average Bonchev–Trinajstić information content (AvgIpc) is 2.46. The molecule has 0 amide bonds. The van der Waals surface area contributed by atoms with Gasteiger partial charge in [0.25, 0.3) is 0 Å². The fourth-order valence-electron chi connectivity index (χ4n) is 1.66. The van der Waals surface area contributed by atoms with E-state index in [0.29, 0.717) is 6.61 Å². The molecule has 0 N–H and O–H groups in total. The van der Waals surface area contributed by atoms with Crippen molar-refractivity contribution in [1.29, 1.82) is 0 Å². The van der Waals surface area contributed by atoms with Gasteiger partial charge in [-0.15, -0.1) is 0 Å². The molecule has 2 heteroatoms. The molecule has 0 bridgehead atoms. The first-order valence-corrected chi connectivity index (χ1v) is 5.93. The lowest BCUT2D eigenvalue weighted by atomic mass is 10.1. The molecule has 2 rings (SSSR count). The Morgan fingerprint density at radius 3 is 2.33 bits per heavy atom. The molecule has 0 aliphatic heterocycles. The van der Waals surface area contributed by atoms with Gasteiger partial charge < -0.3 is 9.58 Å². The van der Waals surface area contributed by atoms with Gasteiger partial charge >= 0.3 is 0 Å². The number of ether oxygens (including phenoxy) is 1. The molecule has 0 spiro atoms. The van der Waals surface area contributed by atoms with E-state index in [1.54, 1.807) is 0 Å². The van der Waals surface area contributed by atoms with E-state index in [1.807, 2.05) is 61.5 Å². The minimum atomic E-state index is -0.0897. The Kier molecular flexibility index (Phi) is 3.98. The van der Waals surface area contributed by atoms with Crippen LogP contribution in [0.4, 0.5) is 0 Å². The fourth-order valence-corrected chi connectivity index (χ4v) is 1.66. The molecular formula is C16H15NO. The SMILES string of the molecule is [C-]#[N+]C(C)c1ccc(OCc2ccccc2)cc1. The van der Waals surface area contributed by atoms with Crippen molar-refractivity contribution in [2.24, 2.45) is 0 Å². The Morgan fingerprint density at radius 2 is 1.72 bits per heavy atom. The van der Waals surface area contributed by atoms with Crippen LogP contribution in [-0.2, 0) is 6.61 Å². The van der Waals surface area contributed by atoms with Crippen LogP contribution < -0.4 is 4.74 Å². The van der Waals surface area contributed by atoms with Crippen LogP contribution in [0, 0.1) is 6.57 Å². The summed E-state index contributed by atoms with van der Waals surface area (Å²) in [5.74, 6) is 0.833. The molecule has 0 saturated heterocycles. The summed E-state index contributed by atoms with van der Waals surface area (Å²) in [6.45, 7) is 9.45. The van der Waals surface area contributed by atoms with Crippen LogP contribution in [0.5, 0.6) is 5.75 Å². The molecule has 0 aromatic heterocycles. The van der Waals surface area contributed by atoms with Crippen molar-refractivity contribution in [3.8, 4) is 5.75 Å². The van der Waals surface area contributed by atoms with Gasteiger partial charge in [0.1, 0.15) is 12.4 Å². The summed E-state index contributed by atoms with van der Waals surface area (Å²) in [4.78, 5) is 3.49. The zero-order chi connectivity index (χ0) is 12.8. The molecule has 0 saturated carbocycles. The second-order valence-electron chi connectivity index (χ2n) is 4.15. The van der Waals surface area contributed by atoms with Crippen LogP contribution in [0.15, 0.2) is 54.6 Å². The molecular weight excluding hydrogens is 222 g/mol. The van der Waals surface area contributed by atoms with Crippen molar-refractivity contribution < 1.29 is 4.74 Å². The summed E-state index contributed by atoms with van der Waals surface area (Å²) in [6, 6.07) is 17.7. The molecule has 2 aromatic carbocycles. The maximum Gasteiger partial charge on any atom is 0.245 e. The summed E-state index contributed by atoms with van der Waals surface area (Å²) in [5, 5.41) is 0. The van der Waals surface area contributed by atoms with Gasteiger partial charge in [0.15, 0.2) is 0 Å². The van der Waals surface area contributed by atoms with Gasteiger partial charge in [0.05, 0.1) is 0 Å². The van der Waals surface area contributed by atoms with Gasteiger partial charge in [0.2, 0.25) is 6.04 Å². The first-order chi connectivity index (χ1) is 8.79. The normalized spacial score (nSPS) is 11.6. The zero-order valence-electron chi connectivity index (χ0n) is 10.3. The summed E-state index contributed by atoms with van der Waals surface area (Å²) in [7, 11) is 0. The van der Waals surface area contributed by atoms with E-state index in [4.69, 9.17) is 11.3 Å². The van der Waals surface area contributed by atoms with Crippen molar-refractivity contribution in [3.05, 3.63) is 77.1 Å². The van der Waals surface area contributed by atoms with Gasteiger partial charge in [-0.25, -0.2) is 6.57 Å². The van der Waals surface area contributed by atoms with Gasteiger partial charge in [-0.05, 0) is 29.8 Å². The highest BCUT2D eigenvalue weighted by molar-refractivity contribution is 5.30. The lowest BCUT2D eigenvalue weighted by Gasteiger charge is -2.07. The second-order valence-corrected chi connectivity index (χ2v) is 4.15. The molecule has 0 fully saturated rings. The van der Waals surface area contributed by atoms with E-state index in [1.165, 1.54) is 0 Å². The van der Waals surface area contributed by atoms with Crippen LogP contribution in [0.1, 0.15) is 24.1 Å². The predicted molar refractivity (Wildman–Crippen MR) is 72.2 cm³/mol. The highest BCUT2D eigenvalue weighted by atomic mass is 16.5. The number of rotatable bonds is 4. The van der Waals surface area contributed by atoms with E-state index in [2.05, 4.69) is 4.85 Å². The molecule has 90 valence electrons. The van der Waals surface area contributed by atoms with Crippen molar-refractivity contribution in [2.45, 2.75) is 19.6 Å². The molecule has 1 unspecified atom stereocenters. The average molecular weight is 237 g/mol. The second kappa shape index (κ2) is 5.88.